The zero-order chi connectivity index (χ0) is 20.5. The van der Waals surface area contributed by atoms with Gasteiger partial charge in [-0.25, -0.2) is 18.5 Å². The highest BCUT2D eigenvalue weighted by Crippen LogP contribution is 2.26. The van der Waals surface area contributed by atoms with Crippen LogP contribution in [0.15, 0.2) is 46.5 Å². The molecule has 0 saturated heterocycles. The Labute approximate surface area is 168 Å². The van der Waals surface area contributed by atoms with Crippen LogP contribution in [0.5, 0.6) is 0 Å². The van der Waals surface area contributed by atoms with Crippen LogP contribution in [0.3, 0.4) is 0 Å². The number of hydrogen-bond donors (Lipinski definition) is 2. The number of aromatic nitrogens is 2. The van der Waals surface area contributed by atoms with E-state index in [0.29, 0.717) is 17.2 Å². The molecule has 0 aliphatic heterocycles. The van der Waals surface area contributed by atoms with Crippen molar-refractivity contribution in [2.45, 2.75) is 37.4 Å². The van der Waals surface area contributed by atoms with Gasteiger partial charge in [0, 0.05) is 12.2 Å². The number of aryl methyl sites for hydroxylation is 2. The number of primary sulfonamides is 1. The summed E-state index contributed by atoms with van der Waals surface area (Å²) in [5, 5.41) is 8.78. The highest BCUT2D eigenvalue weighted by molar-refractivity contribution is 7.99. The first-order valence-electron chi connectivity index (χ1n) is 8.72. The molecule has 3 aromatic rings. The highest BCUT2D eigenvalue weighted by Gasteiger charge is 2.16. The Balaban J connectivity index is 1.80. The number of carbonyl (C=O) groups is 1. The van der Waals surface area contributed by atoms with Crippen molar-refractivity contribution >= 4 is 44.4 Å². The predicted octanol–water partition coefficient (Wildman–Crippen LogP) is 3.05. The van der Waals surface area contributed by atoms with Crippen molar-refractivity contribution in [3.05, 3.63) is 47.5 Å². The van der Waals surface area contributed by atoms with E-state index in [2.05, 4.69) is 10.3 Å². The monoisotopic (exact) mass is 418 g/mol. The summed E-state index contributed by atoms with van der Waals surface area (Å²) >= 11 is 1.31. The van der Waals surface area contributed by atoms with Crippen molar-refractivity contribution in [1.82, 2.24) is 9.55 Å². The van der Waals surface area contributed by atoms with E-state index in [9.17, 15) is 13.2 Å². The summed E-state index contributed by atoms with van der Waals surface area (Å²) in [5.41, 5.74) is 4.28. The zero-order valence-electron chi connectivity index (χ0n) is 15.9. The smallest absolute Gasteiger partial charge is 0.238 e. The lowest BCUT2D eigenvalue weighted by atomic mass is 10.1. The van der Waals surface area contributed by atoms with E-state index in [1.165, 1.54) is 23.9 Å². The first kappa shape index (κ1) is 20.4. The third kappa shape index (κ3) is 4.21. The molecule has 7 nitrogen and oxygen atoms in total. The lowest BCUT2D eigenvalue weighted by Crippen LogP contribution is -2.15. The zero-order valence-corrected chi connectivity index (χ0v) is 17.5. The molecule has 0 aliphatic rings. The van der Waals surface area contributed by atoms with E-state index >= 15 is 0 Å². The summed E-state index contributed by atoms with van der Waals surface area (Å²) in [7, 11) is -3.79. The van der Waals surface area contributed by atoms with Crippen LogP contribution in [0.25, 0.3) is 11.0 Å². The molecule has 0 saturated carbocycles. The van der Waals surface area contributed by atoms with Crippen molar-refractivity contribution in [3.8, 4) is 0 Å². The van der Waals surface area contributed by atoms with Crippen LogP contribution >= 0.6 is 11.8 Å². The largest absolute Gasteiger partial charge is 0.325 e. The van der Waals surface area contributed by atoms with E-state index in [4.69, 9.17) is 5.14 Å². The van der Waals surface area contributed by atoms with Crippen molar-refractivity contribution in [1.29, 1.82) is 0 Å². The van der Waals surface area contributed by atoms with Crippen molar-refractivity contribution in [2.75, 3.05) is 11.1 Å². The van der Waals surface area contributed by atoms with Gasteiger partial charge in [-0.05, 0) is 56.2 Å². The van der Waals surface area contributed by atoms with E-state index < -0.39 is 10.0 Å². The number of amides is 1. The van der Waals surface area contributed by atoms with Crippen LogP contribution in [0.1, 0.15) is 18.1 Å². The maximum absolute atomic E-state index is 12.4. The molecule has 148 valence electrons. The van der Waals surface area contributed by atoms with Gasteiger partial charge in [0.05, 0.1) is 21.7 Å². The Bertz CT molecular complexity index is 1150. The molecular weight excluding hydrogens is 396 g/mol. The molecule has 1 heterocycles. The van der Waals surface area contributed by atoms with Gasteiger partial charge >= 0.3 is 0 Å². The van der Waals surface area contributed by atoms with Gasteiger partial charge in [-0.2, -0.15) is 0 Å². The molecule has 2 aromatic carbocycles. The number of anilines is 1. The van der Waals surface area contributed by atoms with E-state index in [1.807, 2.05) is 43.5 Å². The Morgan fingerprint density at radius 1 is 1.25 bits per heavy atom. The van der Waals surface area contributed by atoms with Gasteiger partial charge in [0.1, 0.15) is 0 Å². The van der Waals surface area contributed by atoms with Gasteiger partial charge in [-0.3, -0.25) is 4.79 Å². The van der Waals surface area contributed by atoms with Crippen molar-refractivity contribution in [3.63, 3.8) is 0 Å². The minimum Gasteiger partial charge on any atom is -0.325 e. The van der Waals surface area contributed by atoms with Gasteiger partial charge in [-0.1, -0.05) is 23.9 Å². The highest BCUT2D eigenvalue weighted by atomic mass is 32.2. The van der Waals surface area contributed by atoms with Crippen LogP contribution in [0.4, 0.5) is 5.69 Å². The second-order valence-corrected chi connectivity index (χ2v) is 8.92. The number of hydrogen-bond acceptors (Lipinski definition) is 5. The Morgan fingerprint density at radius 3 is 2.68 bits per heavy atom. The number of rotatable bonds is 6. The molecular formula is C19H22N4O3S2. The number of benzene rings is 2. The number of nitrogens with one attached hydrogen (secondary N) is 1. The molecule has 0 atom stereocenters. The van der Waals surface area contributed by atoms with Crippen molar-refractivity contribution < 1.29 is 13.2 Å². The van der Waals surface area contributed by atoms with Crippen LogP contribution in [0.2, 0.25) is 0 Å². The Morgan fingerprint density at radius 2 is 2.00 bits per heavy atom. The quantitative estimate of drug-likeness (QED) is 0.598. The second-order valence-electron chi connectivity index (χ2n) is 6.42. The van der Waals surface area contributed by atoms with Crippen LogP contribution in [0, 0.1) is 13.8 Å². The third-order valence-corrected chi connectivity index (χ3v) is 6.43. The molecule has 28 heavy (non-hydrogen) atoms. The van der Waals surface area contributed by atoms with E-state index in [0.717, 1.165) is 22.3 Å². The third-order valence-electron chi connectivity index (χ3n) is 4.54. The van der Waals surface area contributed by atoms with E-state index in [-0.39, 0.29) is 16.6 Å². The lowest BCUT2D eigenvalue weighted by molar-refractivity contribution is -0.113. The minimum absolute atomic E-state index is 0.0185. The van der Waals surface area contributed by atoms with Crippen molar-refractivity contribution in [2.24, 2.45) is 5.14 Å². The summed E-state index contributed by atoms with van der Waals surface area (Å²) in [6.07, 6.45) is 0. The number of carbonyl (C=O) groups excluding carboxylic acids is 1. The molecule has 0 fully saturated rings. The molecule has 1 amide bonds. The number of nitrogens with two attached hydrogens (primary N) is 1. The van der Waals surface area contributed by atoms with Gasteiger partial charge in [0.25, 0.3) is 0 Å². The SMILES string of the molecule is CCn1c(SCC(=O)Nc2cccc(C)c2C)nc2cc(S(N)(=O)=O)ccc21. The predicted molar refractivity (Wildman–Crippen MR) is 112 cm³/mol. The number of sulfonamides is 1. The minimum atomic E-state index is -3.79. The lowest BCUT2D eigenvalue weighted by Gasteiger charge is -2.10. The first-order chi connectivity index (χ1) is 13.2. The number of imidazole rings is 1. The van der Waals surface area contributed by atoms with Crippen LogP contribution in [-0.2, 0) is 21.4 Å². The fourth-order valence-electron chi connectivity index (χ4n) is 2.88. The van der Waals surface area contributed by atoms with Gasteiger partial charge in [-0.15, -0.1) is 0 Å². The average Bonchev–Trinajstić information content (AvgIpc) is 2.99. The molecule has 1 aromatic heterocycles. The van der Waals surface area contributed by atoms with Crippen LogP contribution in [-0.4, -0.2) is 29.6 Å². The standard InChI is InChI=1S/C19H22N4O3S2/c1-4-23-17-9-8-14(28(20,25)26)10-16(17)22-19(23)27-11-18(24)21-15-7-5-6-12(2)13(15)3/h5-10H,4,11H2,1-3H3,(H,21,24)(H2,20,25,26). The topological polar surface area (TPSA) is 107 Å². The summed E-state index contributed by atoms with van der Waals surface area (Å²) in [6, 6.07) is 10.4. The number of thioether (sulfide) groups is 1. The number of fused-ring (bicyclic) bond motifs is 1. The Kier molecular flexibility index (Phi) is 5.78. The molecule has 3 rings (SSSR count). The molecule has 0 radical (unpaired) electrons. The molecule has 0 spiro atoms. The number of nitrogens with zero attached hydrogens (tertiary/aromatic N) is 2. The maximum atomic E-state index is 12.4. The van der Waals surface area contributed by atoms with Crippen LogP contribution < -0.4 is 10.5 Å². The van der Waals surface area contributed by atoms with E-state index in [1.54, 1.807) is 6.07 Å². The molecule has 0 bridgehead atoms. The maximum Gasteiger partial charge on any atom is 0.238 e. The summed E-state index contributed by atoms with van der Waals surface area (Å²) in [6.45, 7) is 6.58. The molecule has 3 N–H and O–H groups in total. The fourth-order valence-corrected chi connectivity index (χ4v) is 4.30. The average molecular weight is 419 g/mol. The molecule has 0 aliphatic carbocycles. The first-order valence-corrected chi connectivity index (χ1v) is 11.3. The normalized spacial score (nSPS) is 11.7. The van der Waals surface area contributed by atoms with Gasteiger partial charge in [0.15, 0.2) is 5.16 Å². The fraction of sp³-hybridized carbons (Fsp3) is 0.263. The molecule has 0 unspecified atom stereocenters. The Hall–Kier alpha value is -2.36. The van der Waals surface area contributed by atoms with Gasteiger partial charge in [0.2, 0.25) is 15.9 Å². The second kappa shape index (κ2) is 7.94. The van der Waals surface area contributed by atoms with Gasteiger partial charge < -0.3 is 9.88 Å². The molecule has 9 heteroatoms. The summed E-state index contributed by atoms with van der Waals surface area (Å²) in [5.74, 6) is 0.0669. The summed E-state index contributed by atoms with van der Waals surface area (Å²) in [4.78, 5) is 16.9. The summed E-state index contributed by atoms with van der Waals surface area (Å²) < 4.78 is 25.1.